The van der Waals surface area contributed by atoms with E-state index in [2.05, 4.69) is 11.0 Å². The van der Waals surface area contributed by atoms with E-state index in [1.54, 1.807) is 4.90 Å². The predicted octanol–water partition coefficient (Wildman–Crippen LogP) is 3.89. The number of hydrogen-bond acceptors (Lipinski definition) is 3. The number of rotatable bonds is 4. The van der Waals surface area contributed by atoms with Gasteiger partial charge >= 0.3 is 0 Å². The molecule has 1 amide bonds. The Bertz CT molecular complexity index is 760. The number of benzene rings is 2. The number of fused-ring (bicyclic) bond motifs is 1. The Balaban J connectivity index is 1.72. The van der Waals surface area contributed by atoms with Crippen molar-refractivity contribution < 1.29 is 4.79 Å². The Morgan fingerprint density at radius 1 is 1.28 bits per heavy atom. The second-order valence-electron chi connectivity index (χ2n) is 6.60. The molecule has 4 nitrogen and oxygen atoms in total. The molecule has 1 aliphatic rings. The van der Waals surface area contributed by atoms with E-state index in [-0.39, 0.29) is 11.9 Å². The van der Waals surface area contributed by atoms with Gasteiger partial charge in [0.15, 0.2) is 0 Å². The van der Waals surface area contributed by atoms with Crippen LogP contribution < -0.4 is 10.6 Å². The average molecular weight is 358 g/mol. The second-order valence-corrected chi connectivity index (χ2v) is 7.04. The van der Waals surface area contributed by atoms with Gasteiger partial charge in [0.1, 0.15) is 0 Å². The summed E-state index contributed by atoms with van der Waals surface area (Å²) in [6.07, 6.45) is 1.99. The van der Waals surface area contributed by atoms with Gasteiger partial charge in [-0.2, -0.15) is 0 Å². The summed E-state index contributed by atoms with van der Waals surface area (Å²) in [5.41, 5.74) is 10.2. The summed E-state index contributed by atoms with van der Waals surface area (Å²) in [5, 5.41) is 0.701. The molecule has 1 aliphatic heterocycles. The minimum absolute atomic E-state index is 0.00475. The molecule has 0 aliphatic carbocycles. The van der Waals surface area contributed by atoms with Crippen molar-refractivity contribution in [3.63, 3.8) is 0 Å². The topological polar surface area (TPSA) is 49.6 Å². The lowest BCUT2D eigenvalue weighted by Crippen LogP contribution is -2.41. The maximum Gasteiger partial charge on any atom is 0.242 e. The van der Waals surface area contributed by atoms with E-state index in [1.807, 2.05) is 50.4 Å². The highest BCUT2D eigenvalue weighted by Gasteiger charge is 2.24. The Hall–Kier alpha value is -2.20. The number of carbonyl (C=O) groups excluding carboxylic acids is 1. The molecule has 2 aromatic carbocycles. The van der Waals surface area contributed by atoms with Crippen molar-refractivity contribution in [2.75, 3.05) is 30.8 Å². The van der Waals surface area contributed by atoms with Crippen LogP contribution in [0.3, 0.4) is 0 Å². The molecule has 0 radical (unpaired) electrons. The van der Waals surface area contributed by atoms with Crippen molar-refractivity contribution in [3.05, 3.63) is 58.6 Å². The minimum Gasteiger partial charge on any atom is -0.398 e. The SMILES string of the molecule is CC(c1ccc(Cl)cc1)N(C)C(=O)CN1CCCc2c(N)cccc21. The van der Waals surface area contributed by atoms with E-state index in [9.17, 15) is 4.79 Å². The number of carbonyl (C=O) groups is 1. The zero-order valence-electron chi connectivity index (χ0n) is 14.7. The first kappa shape index (κ1) is 17.6. The number of halogens is 1. The summed E-state index contributed by atoms with van der Waals surface area (Å²) in [6, 6.07) is 13.6. The highest BCUT2D eigenvalue weighted by atomic mass is 35.5. The Kier molecular flexibility index (Phi) is 5.19. The monoisotopic (exact) mass is 357 g/mol. The van der Waals surface area contributed by atoms with E-state index in [0.29, 0.717) is 11.6 Å². The fraction of sp³-hybridized carbons (Fsp3) is 0.350. The number of likely N-dealkylation sites (N-methyl/N-ethyl adjacent to an activating group) is 1. The molecule has 1 heterocycles. The third kappa shape index (κ3) is 3.74. The largest absolute Gasteiger partial charge is 0.398 e. The molecule has 25 heavy (non-hydrogen) atoms. The van der Waals surface area contributed by atoms with Crippen LogP contribution in [0.4, 0.5) is 11.4 Å². The zero-order chi connectivity index (χ0) is 18.0. The van der Waals surface area contributed by atoms with Gasteiger partial charge in [-0.05, 0) is 55.2 Å². The van der Waals surface area contributed by atoms with Crippen LogP contribution in [0.1, 0.15) is 30.5 Å². The van der Waals surface area contributed by atoms with Gasteiger partial charge in [-0.3, -0.25) is 4.79 Å². The maximum atomic E-state index is 12.8. The van der Waals surface area contributed by atoms with Crippen LogP contribution in [0.15, 0.2) is 42.5 Å². The van der Waals surface area contributed by atoms with Gasteiger partial charge in [0.05, 0.1) is 12.6 Å². The summed E-state index contributed by atoms with van der Waals surface area (Å²) in [4.78, 5) is 16.8. The van der Waals surface area contributed by atoms with Crippen molar-refractivity contribution >= 4 is 28.9 Å². The van der Waals surface area contributed by atoms with Crippen LogP contribution in [0.2, 0.25) is 5.02 Å². The van der Waals surface area contributed by atoms with Crippen molar-refractivity contribution in [2.24, 2.45) is 0 Å². The molecule has 0 spiro atoms. The third-order valence-corrected chi connectivity index (χ3v) is 5.29. The van der Waals surface area contributed by atoms with Gasteiger partial charge < -0.3 is 15.5 Å². The number of amides is 1. The molecule has 0 saturated heterocycles. The van der Waals surface area contributed by atoms with Gasteiger partial charge in [0, 0.05) is 30.0 Å². The van der Waals surface area contributed by atoms with Crippen LogP contribution in [0, 0.1) is 0 Å². The normalized spacial score (nSPS) is 14.8. The van der Waals surface area contributed by atoms with Crippen LogP contribution >= 0.6 is 11.6 Å². The van der Waals surface area contributed by atoms with Crippen molar-refractivity contribution in [3.8, 4) is 0 Å². The average Bonchev–Trinajstić information content (AvgIpc) is 2.62. The van der Waals surface area contributed by atoms with E-state index in [0.717, 1.165) is 41.9 Å². The Labute approximate surface area is 154 Å². The van der Waals surface area contributed by atoms with E-state index in [4.69, 9.17) is 17.3 Å². The number of anilines is 2. The van der Waals surface area contributed by atoms with Gasteiger partial charge in [0.2, 0.25) is 5.91 Å². The van der Waals surface area contributed by atoms with E-state index < -0.39 is 0 Å². The van der Waals surface area contributed by atoms with Gasteiger partial charge in [-0.15, -0.1) is 0 Å². The summed E-state index contributed by atoms with van der Waals surface area (Å²) in [6.45, 7) is 3.28. The highest BCUT2D eigenvalue weighted by Crippen LogP contribution is 2.31. The summed E-state index contributed by atoms with van der Waals surface area (Å²) in [7, 11) is 1.85. The van der Waals surface area contributed by atoms with Crippen LogP contribution in [0.5, 0.6) is 0 Å². The lowest BCUT2D eigenvalue weighted by atomic mass is 10.00. The predicted molar refractivity (Wildman–Crippen MR) is 104 cm³/mol. The smallest absolute Gasteiger partial charge is 0.242 e. The molecule has 2 N–H and O–H groups in total. The molecule has 3 rings (SSSR count). The molecule has 0 fully saturated rings. The lowest BCUT2D eigenvalue weighted by molar-refractivity contribution is -0.130. The first-order chi connectivity index (χ1) is 12.0. The zero-order valence-corrected chi connectivity index (χ0v) is 15.5. The van der Waals surface area contributed by atoms with Crippen molar-refractivity contribution in [1.82, 2.24) is 4.90 Å². The third-order valence-electron chi connectivity index (χ3n) is 5.04. The first-order valence-electron chi connectivity index (χ1n) is 8.61. The first-order valence-corrected chi connectivity index (χ1v) is 8.98. The van der Waals surface area contributed by atoms with Gasteiger partial charge in [-0.1, -0.05) is 29.8 Å². The molecule has 1 unspecified atom stereocenters. The molecule has 0 aromatic heterocycles. The number of nitrogens with two attached hydrogens (primary N) is 1. The van der Waals surface area contributed by atoms with Crippen molar-refractivity contribution in [1.29, 1.82) is 0 Å². The van der Waals surface area contributed by atoms with Gasteiger partial charge in [0.25, 0.3) is 0 Å². The lowest BCUT2D eigenvalue weighted by Gasteiger charge is -2.34. The Morgan fingerprint density at radius 2 is 2.00 bits per heavy atom. The fourth-order valence-electron chi connectivity index (χ4n) is 3.35. The summed E-state index contributed by atoms with van der Waals surface area (Å²) < 4.78 is 0. The van der Waals surface area contributed by atoms with E-state index >= 15 is 0 Å². The molecule has 0 bridgehead atoms. The number of nitrogen functional groups attached to an aromatic ring is 1. The van der Waals surface area contributed by atoms with E-state index in [1.165, 1.54) is 0 Å². The maximum absolute atomic E-state index is 12.8. The Morgan fingerprint density at radius 3 is 2.72 bits per heavy atom. The summed E-state index contributed by atoms with van der Waals surface area (Å²) in [5.74, 6) is 0.0951. The minimum atomic E-state index is -0.00475. The molecule has 1 atom stereocenters. The molecular formula is C20H24ClN3O. The van der Waals surface area contributed by atoms with Gasteiger partial charge in [-0.25, -0.2) is 0 Å². The molecule has 132 valence electrons. The number of hydrogen-bond donors (Lipinski definition) is 1. The fourth-order valence-corrected chi connectivity index (χ4v) is 3.47. The molecule has 0 saturated carbocycles. The summed E-state index contributed by atoms with van der Waals surface area (Å²) >= 11 is 5.95. The standard InChI is InChI=1S/C20H24ClN3O/c1-14(15-8-10-16(21)11-9-15)23(2)20(25)13-24-12-4-5-17-18(22)6-3-7-19(17)24/h3,6-11,14H,4-5,12-13,22H2,1-2H3. The number of nitrogens with zero attached hydrogens (tertiary/aromatic N) is 2. The van der Waals surface area contributed by atoms with Crippen LogP contribution in [-0.4, -0.2) is 30.9 Å². The van der Waals surface area contributed by atoms with Crippen LogP contribution in [0.25, 0.3) is 0 Å². The second kappa shape index (κ2) is 7.36. The quantitative estimate of drug-likeness (QED) is 0.844. The molecule has 2 aromatic rings. The molecule has 5 heteroatoms. The van der Waals surface area contributed by atoms with Crippen molar-refractivity contribution in [2.45, 2.75) is 25.8 Å². The molecular weight excluding hydrogens is 334 g/mol. The highest BCUT2D eigenvalue weighted by molar-refractivity contribution is 6.30. The van der Waals surface area contributed by atoms with Crippen LogP contribution in [-0.2, 0) is 11.2 Å².